The average molecular weight is 1670 g/mol. The third kappa shape index (κ3) is 49.2. The Hall–Kier alpha value is -2.79. The van der Waals surface area contributed by atoms with Crippen LogP contribution in [0.5, 0.6) is 0 Å². The summed E-state index contributed by atoms with van der Waals surface area (Å²) in [6, 6.07) is 0. The zero-order chi connectivity index (χ0) is 84.0. The van der Waals surface area contributed by atoms with Crippen LogP contribution in [0.3, 0.4) is 0 Å². The van der Waals surface area contributed by atoms with E-state index in [1.54, 1.807) is 0 Å². The van der Waals surface area contributed by atoms with Gasteiger partial charge in [0.1, 0.15) is 92.6 Å². The smallest absolute Gasteiger partial charge is 0.463 e. The lowest BCUT2D eigenvalue weighted by Crippen LogP contribution is -2.70. The van der Waals surface area contributed by atoms with E-state index in [2.05, 4.69) is 39.8 Å². The number of phosphoric ester groups is 1. The predicted octanol–water partition coefficient (Wildman–Crippen LogP) is 16.8. The SMILES string of the molecule is CCCCCCCC/C=C\CCCCCC(=O)OCC1OC(OC2C(OC(=O)CCCCCCCCCCCCCCCCC)C(O)C(O)C(OC3OC(CO)C(O)C(O)C3O)C2OP(=O)(O)OCC(COC(=O)CCCCCCCCCCCCCCC)OC(=O)CCCCCCCCCCCCCCCCC)C(O)C(O)C1O. The van der Waals surface area contributed by atoms with Gasteiger partial charge in [-0.05, 0) is 51.4 Å². The molecule has 0 amide bonds. The van der Waals surface area contributed by atoms with E-state index in [0.717, 1.165) is 122 Å². The summed E-state index contributed by atoms with van der Waals surface area (Å²) in [4.78, 5) is 66.4. The monoisotopic (exact) mass is 1670 g/mol. The molecule has 18 atom stereocenters. The third-order valence-electron chi connectivity index (χ3n) is 22.8. The van der Waals surface area contributed by atoms with Crippen LogP contribution >= 0.6 is 7.82 Å². The van der Waals surface area contributed by atoms with Gasteiger partial charge in [-0.15, -0.1) is 0 Å². The zero-order valence-electron chi connectivity index (χ0n) is 71.9. The number of carbonyl (C=O) groups excluding carboxylic acids is 4. The Morgan fingerprint density at radius 2 is 0.652 bits per heavy atom. The van der Waals surface area contributed by atoms with Crippen LogP contribution in [0.15, 0.2) is 12.2 Å². The maximum absolute atomic E-state index is 14.9. The number of hydrogen-bond donors (Lipinski definition) is 10. The van der Waals surface area contributed by atoms with Crippen LogP contribution in [-0.2, 0) is 70.7 Å². The van der Waals surface area contributed by atoms with Crippen LogP contribution in [0.2, 0.25) is 0 Å². The number of carbonyl (C=O) groups is 4. The van der Waals surface area contributed by atoms with E-state index in [0.29, 0.717) is 38.5 Å². The first-order chi connectivity index (χ1) is 55.7. The summed E-state index contributed by atoms with van der Waals surface area (Å²) in [6.07, 6.45) is 26.4. The largest absolute Gasteiger partial charge is 0.472 e. The molecule has 3 fully saturated rings. The van der Waals surface area contributed by atoms with Crippen LogP contribution in [0.4, 0.5) is 0 Å². The molecule has 1 aliphatic carbocycles. The van der Waals surface area contributed by atoms with Gasteiger partial charge in [0.25, 0.3) is 0 Å². The second kappa shape index (κ2) is 68.7. The molecular formula is C89H165O25P. The summed E-state index contributed by atoms with van der Waals surface area (Å²) in [5.74, 6) is -2.97. The number of aliphatic hydroxyl groups excluding tert-OH is 9. The van der Waals surface area contributed by atoms with E-state index in [1.807, 2.05) is 0 Å². The van der Waals surface area contributed by atoms with Gasteiger partial charge in [-0.25, -0.2) is 4.57 Å². The molecule has 2 saturated heterocycles. The fraction of sp³-hybridized carbons (Fsp3) is 0.933. The highest BCUT2D eigenvalue weighted by Gasteiger charge is 2.60. The zero-order valence-corrected chi connectivity index (χ0v) is 72.7. The first kappa shape index (κ1) is 106. The predicted molar refractivity (Wildman–Crippen MR) is 444 cm³/mol. The van der Waals surface area contributed by atoms with E-state index in [9.17, 15) is 74.6 Å². The number of ether oxygens (including phenoxy) is 8. The van der Waals surface area contributed by atoms with E-state index in [-0.39, 0.29) is 25.7 Å². The number of aliphatic hydroxyl groups is 9. The van der Waals surface area contributed by atoms with Gasteiger partial charge in [-0.1, -0.05) is 335 Å². The van der Waals surface area contributed by atoms with Crippen molar-refractivity contribution >= 4 is 31.7 Å². The van der Waals surface area contributed by atoms with Crippen molar-refractivity contribution in [3.05, 3.63) is 12.2 Å². The Balaban J connectivity index is 1.93. The molecule has 18 unspecified atom stereocenters. The molecule has 0 bridgehead atoms. The Labute approximate surface area is 692 Å². The summed E-state index contributed by atoms with van der Waals surface area (Å²) in [5, 5.41) is 102. The van der Waals surface area contributed by atoms with Crippen LogP contribution in [0.1, 0.15) is 400 Å². The molecule has 2 heterocycles. The third-order valence-corrected chi connectivity index (χ3v) is 23.8. The van der Waals surface area contributed by atoms with Crippen molar-refractivity contribution in [3.8, 4) is 0 Å². The van der Waals surface area contributed by atoms with Gasteiger partial charge in [0, 0.05) is 25.7 Å². The van der Waals surface area contributed by atoms with E-state index in [1.165, 1.54) is 186 Å². The molecule has 26 heteroatoms. The van der Waals surface area contributed by atoms with Crippen molar-refractivity contribution < 1.29 is 122 Å². The van der Waals surface area contributed by atoms with E-state index < -0.39 is 162 Å². The van der Waals surface area contributed by atoms with Crippen LogP contribution in [0.25, 0.3) is 0 Å². The Morgan fingerprint density at radius 1 is 0.339 bits per heavy atom. The molecule has 1 saturated carbocycles. The Kier molecular flexibility index (Phi) is 63.6. The molecule has 115 heavy (non-hydrogen) atoms. The number of hydrogen-bond acceptors (Lipinski definition) is 24. The number of esters is 4. The topological polar surface area (TPSA) is 380 Å². The highest BCUT2D eigenvalue weighted by atomic mass is 31.2. The lowest BCUT2D eigenvalue weighted by Gasteiger charge is -2.50. The van der Waals surface area contributed by atoms with Crippen LogP contribution in [0, 0.1) is 0 Å². The summed E-state index contributed by atoms with van der Waals surface area (Å²) in [6.45, 7) is 5.59. The second-order valence-electron chi connectivity index (χ2n) is 33.2. The average Bonchev–Trinajstić information content (AvgIpc) is 0.756. The summed E-state index contributed by atoms with van der Waals surface area (Å²) < 4.78 is 73.4. The van der Waals surface area contributed by atoms with Gasteiger partial charge in [0.15, 0.2) is 24.8 Å². The molecule has 3 aliphatic rings. The molecular weight excluding hydrogens is 1500 g/mol. The van der Waals surface area contributed by atoms with Gasteiger partial charge >= 0.3 is 31.7 Å². The van der Waals surface area contributed by atoms with Crippen molar-refractivity contribution in [1.29, 1.82) is 0 Å². The summed E-state index contributed by atoms with van der Waals surface area (Å²) >= 11 is 0. The Morgan fingerprint density at radius 3 is 1.04 bits per heavy atom. The molecule has 0 aromatic heterocycles. The maximum Gasteiger partial charge on any atom is 0.472 e. The fourth-order valence-corrected chi connectivity index (χ4v) is 16.3. The van der Waals surface area contributed by atoms with Gasteiger partial charge in [-0.2, -0.15) is 0 Å². The van der Waals surface area contributed by atoms with Crippen molar-refractivity contribution in [2.45, 2.75) is 504 Å². The minimum Gasteiger partial charge on any atom is -0.463 e. The van der Waals surface area contributed by atoms with Crippen molar-refractivity contribution in [2.75, 3.05) is 26.4 Å². The molecule has 0 spiro atoms. The molecule has 676 valence electrons. The van der Waals surface area contributed by atoms with Gasteiger partial charge in [0.05, 0.1) is 13.2 Å². The number of rotatable bonds is 75. The van der Waals surface area contributed by atoms with E-state index >= 15 is 0 Å². The van der Waals surface area contributed by atoms with Crippen LogP contribution in [-0.4, -0.2) is 205 Å². The normalized spacial score (nSPS) is 25.3. The van der Waals surface area contributed by atoms with Crippen molar-refractivity contribution in [1.82, 2.24) is 0 Å². The first-order valence-corrected chi connectivity index (χ1v) is 47.9. The standard InChI is InChI=1S/C89H165O25P/c1-5-9-13-17-21-25-29-33-35-39-43-47-51-55-59-63-74(93)108-69(66-105-72(91)61-57-53-49-45-41-37-31-27-23-19-15-11-7-3)67-107-115(103,104)114-87-85(112-88-82(101)78(97)76(95)70(65-90)109-88)81(100)80(99)84(111-75(94)64-60-56-52-48-44-40-36-34-30-26-22-18-14-10-6-2)86(87)113-89-83(102)79(98)77(96)71(110-89)68-106-73(92)62-58-54-50-46-42-38-32-28-24-20-16-12-8-4/h38,42,69-71,76-90,95-102H,5-37,39-41,43-68H2,1-4H3,(H,103,104)/b42-38-. The van der Waals surface area contributed by atoms with E-state index in [4.69, 9.17) is 46.9 Å². The molecule has 10 N–H and O–H groups in total. The molecule has 3 rings (SSSR count). The lowest BCUT2D eigenvalue weighted by atomic mass is 9.84. The quantitative estimate of drug-likeness (QED) is 0.00889. The maximum atomic E-state index is 14.9. The summed E-state index contributed by atoms with van der Waals surface area (Å²) in [7, 11) is -5.80. The highest BCUT2D eigenvalue weighted by molar-refractivity contribution is 7.47. The summed E-state index contributed by atoms with van der Waals surface area (Å²) in [5.41, 5.74) is 0. The van der Waals surface area contributed by atoms with Gasteiger partial charge in [0.2, 0.25) is 0 Å². The molecule has 0 radical (unpaired) electrons. The number of allylic oxidation sites excluding steroid dienone is 2. The number of unbranched alkanes of at least 4 members (excludes halogenated alkanes) is 49. The molecule has 25 nitrogen and oxygen atoms in total. The fourth-order valence-electron chi connectivity index (χ4n) is 15.4. The lowest BCUT2D eigenvalue weighted by molar-refractivity contribution is -0.360. The molecule has 2 aliphatic heterocycles. The van der Waals surface area contributed by atoms with Gasteiger partial charge < -0.3 is 88.7 Å². The highest BCUT2D eigenvalue weighted by Crippen LogP contribution is 2.49. The van der Waals surface area contributed by atoms with Gasteiger partial charge in [-0.3, -0.25) is 28.2 Å². The minimum atomic E-state index is -5.80. The van der Waals surface area contributed by atoms with Crippen LogP contribution < -0.4 is 0 Å². The first-order valence-electron chi connectivity index (χ1n) is 46.4. The van der Waals surface area contributed by atoms with Crippen molar-refractivity contribution in [2.24, 2.45) is 0 Å². The number of phosphoric acid groups is 1. The minimum absolute atomic E-state index is 0.00426. The second-order valence-corrected chi connectivity index (χ2v) is 34.6. The van der Waals surface area contributed by atoms with Crippen molar-refractivity contribution in [3.63, 3.8) is 0 Å². The molecule has 0 aromatic carbocycles. The molecule has 0 aromatic rings. The Bertz CT molecular complexity index is 2440.